The van der Waals surface area contributed by atoms with Crippen LogP contribution < -0.4 is 10.2 Å². The minimum absolute atomic E-state index is 0.00972. The van der Waals surface area contributed by atoms with Gasteiger partial charge in [0.05, 0.1) is 27.7 Å². The first-order valence-corrected chi connectivity index (χ1v) is 8.94. The lowest BCUT2D eigenvalue weighted by Gasteiger charge is -2.05. The Morgan fingerprint density at radius 1 is 0.968 bits per heavy atom. The lowest BCUT2D eigenvalue weighted by atomic mass is 10.1. The molecule has 0 aliphatic rings. The van der Waals surface area contributed by atoms with Gasteiger partial charge >= 0.3 is 11.7 Å². The molecule has 0 saturated carbocycles. The summed E-state index contributed by atoms with van der Waals surface area (Å²) in [6.45, 7) is 1.92. The molecule has 3 aromatic rings. The first kappa shape index (κ1) is 21.1. The van der Waals surface area contributed by atoms with Gasteiger partial charge in [-0.3, -0.25) is 25.7 Å². The molecule has 1 N–H and O–H groups in total. The molecule has 0 unspecified atom stereocenters. The molecule has 0 radical (unpaired) electrons. The van der Waals surface area contributed by atoms with Gasteiger partial charge < -0.3 is 4.74 Å². The van der Waals surface area contributed by atoms with Gasteiger partial charge in [0, 0.05) is 6.07 Å². The predicted molar refractivity (Wildman–Crippen MR) is 114 cm³/mol. The number of nitrogens with zero attached hydrogens (tertiary/aromatic N) is 3. The molecule has 0 aliphatic carbocycles. The number of hydrogen-bond donors (Lipinski definition) is 1. The van der Waals surface area contributed by atoms with E-state index in [-0.39, 0.29) is 5.69 Å². The van der Waals surface area contributed by atoms with Crippen molar-refractivity contribution in [3.05, 3.63) is 104 Å². The lowest BCUT2D eigenvalue weighted by Crippen LogP contribution is -2.08. The number of nitrogens with one attached hydrogen (secondary N) is 1. The van der Waals surface area contributed by atoms with Gasteiger partial charge in [-0.1, -0.05) is 17.7 Å². The van der Waals surface area contributed by atoms with E-state index in [2.05, 4.69) is 10.5 Å². The number of benzene rings is 3. The molecule has 156 valence electrons. The number of aryl methyl sites for hydroxylation is 1. The van der Waals surface area contributed by atoms with Gasteiger partial charge in [0.1, 0.15) is 11.4 Å². The van der Waals surface area contributed by atoms with Crippen LogP contribution in [0.1, 0.15) is 21.5 Å². The third-order valence-corrected chi connectivity index (χ3v) is 4.17. The zero-order valence-electron chi connectivity index (χ0n) is 16.2. The Hall–Kier alpha value is -4.60. The van der Waals surface area contributed by atoms with Crippen LogP contribution in [0.2, 0.25) is 0 Å². The van der Waals surface area contributed by atoms with Crippen molar-refractivity contribution in [3.63, 3.8) is 0 Å². The second kappa shape index (κ2) is 9.27. The first-order valence-electron chi connectivity index (χ1n) is 8.94. The fourth-order valence-corrected chi connectivity index (χ4v) is 2.53. The zero-order valence-corrected chi connectivity index (χ0v) is 16.2. The van der Waals surface area contributed by atoms with Gasteiger partial charge in [-0.2, -0.15) is 5.10 Å². The van der Waals surface area contributed by atoms with Crippen molar-refractivity contribution in [1.29, 1.82) is 0 Å². The maximum absolute atomic E-state index is 12.1. The first-order chi connectivity index (χ1) is 14.8. The van der Waals surface area contributed by atoms with Gasteiger partial charge in [0.25, 0.3) is 5.69 Å². The molecule has 0 bridgehead atoms. The number of rotatable bonds is 7. The van der Waals surface area contributed by atoms with Crippen molar-refractivity contribution >= 4 is 29.2 Å². The van der Waals surface area contributed by atoms with Crippen LogP contribution in [-0.4, -0.2) is 22.0 Å². The molecule has 0 spiro atoms. The van der Waals surface area contributed by atoms with Gasteiger partial charge in [-0.25, -0.2) is 4.79 Å². The smallest absolute Gasteiger partial charge is 0.343 e. The highest BCUT2D eigenvalue weighted by molar-refractivity contribution is 5.91. The van der Waals surface area contributed by atoms with E-state index in [4.69, 9.17) is 4.74 Å². The van der Waals surface area contributed by atoms with Crippen LogP contribution in [0.5, 0.6) is 5.75 Å². The van der Waals surface area contributed by atoms with E-state index in [1.165, 1.54) is 12.3 Å². The molecule has 31 heavy (non-hydrogen) atoms. The highest BCUT2D eigenvalue weighted by Crippen LogP contribution is 2.28. The molecule has 0 atom stereocenters. The van der Waals surface area contributed by atoms with Gasteiger partial charge in [-0.05, 0) is 55.0 Å². The van der Waals surface area contributed by atoms with Crippen LogP contribution in [0.4, 0.5) is 17.1 Å². The number of carbonyl (C=O) groups is 1. The molecule has 0 aliphatic heterocycles. The number of ether oxygens (including phenoxy) is 1. The number of nitro groups is 2. The van der Waals surface area contributed by atoms with Crippen molar-refractivity contribution in [2.45, 2.75) is 6.92 Å². The molecule has 3 rings (SSSR count). The van der Waals surface area contributed by atoms with E-state index >= 15 is 0 Å². The summed E-state index contributed by atoms with van der Waals surface area (Å²) in [7, 11) is 0. The minimum Gasteiger partial charge on any atom is -0.423 e. The van der Waals surface area contributed by atoms with Crippen LogP contribution in [0.3, 0.4) is 0 Å². The molecule has 0 saturated heterocycles. The third kappa shape index (κ3) is 5.48. The molecule has 10 nitrogen and oxygen atoms in total. The highest BCUT2D eigenvalue weighted by Gasteiger charge is 2.19. The average molecular weight is 420 g/mol. The maximum Gasteiger partial charge on any atom is 0.343 e. The standard InChI is InChI=1S/C21H16N4O6/c1-14-2-6-16(7-3-14)21(26)31-18-9-4-15(5-10-18)13-22-23-19-11-8-17(24(27)28)12-20(19)25(29)30/h2-13,23H,1H3/b22-13-. The van der Waals surface area contributed by atoms with E-state index < -0.39 is 27.2 Å². The van der Waals surface area contributed by atoms with Crippen molar-refractivity contribution in [2.75, 3.05) is 5.43 Å². The second-order valence-corrected chi connectivity index (χ2v) is 6.41. The quantitative estimate of drug-likeness (QED) is 0.196. The highest BCUT2D eigenvalue weighted by atomic mass is 16.6. The Morgan fingerprint density at radius 2 is 1.65 bits per heavy atom. The number of hydrazone groups is 1. The number of carbonyl (C=O) groups excluding carboxylic acids is 1. The number of anilines is 1. The topological polar surface area (TPSA) is 137 Å². The summed E-state index contributed by atoms with van der Waals surface area (Å²) >= 11 is 0. The molecule has 3 aromatic carbocycles. The van der Waals surface area contributed by atoms with Crippen LogP contribution in [0.15, 0.2) is 71.8 Å². The Balaban J connectivity index is 1.65. The van der Waals surface area contributed by atoms with Gasteiger partial charge in [0.15, 0.2) is 0 Å². The number of hydrogen-bond acceptors (Lipinski definition) is 8. The van der Waals surface area contributed by atoms with E-state index in [0.717, 1.165) is 17.7 Å². The summed E-state index contributed by atoms with van der Waals surface area (Å²) < 4.78 is 5.31. The SMILES string of the molecule is Cc1ccc(C(=O)Oc2ccc(/C=N\Nc3ccc([N+](=O)[O-])cc3[N+](=O)[O-])cc2)cc1. The molecule has 10 heteroatoms. The normalized spacial score (nSPS) is 10.6. The fourth-order valence-electron chi connectivity index (χ4n) is 2.53. The van der Waals surface area contributed by atoms with E-state index in [9.17, 15) is 25.0 Å². The summed E-state index contributed by atoms with van der Waals surface area (Å²) in [4.78, 5) is 32.6. The van der Waals surface area contributed by atoms with E-state index in [0.29, 0.717) is 16.9 Å². The molecule has 0 aromatic heterocycles. The van der Waals surface area contributed by atoms with Crippen LogP contribution >= 0.6 is 0 Å². The monoisotopic (exact) mass is 420 g/mol. The van der Waals surface area contributed by atoms with Crippen LogP contribution in [0, 0.1) is 27.2 Å². The summed E-state index contributed by atoms with van der Waals surface area (Å²) in [6.07, 6.45) is 1.40. The second-order valence-electron chi connectivity index (χ2n) is 6.41. The van der Waals surface area contributed by atoms with Gasteiger partial charge in [-0.15, -0.1) is 0 Å². The summed E-state index contributed by atoms with van der Waals surface area (Å²) in [6, 6.07) is 16.7. The Bertz CT molecular complexity index is 1160. The Morgan fingerprint density at radius 3 is 2.26 bits per heavy atom. The molecular weight excluding hydrogens is 404 g/mol. The lowest BCUT2D eigenvalue weighted by molar-refractivity contribution is -0.393. The fraction of sp³-hybridized carbons (Fsp3) is 0.0476. The average Bonchev–Trinajstić information content (AvgIpc) is 2.75. The van der Waals surface area contributed by atoms with Crippen molar-refractivity contribution < 1.29 is 19.4 Å². The largest absolute Gasteiger partial charge is 0.423 e. The summed E-state index contributed by atoms with van der Waals surface area (Å²) in [5.41, 5.74) is 3.75. The van der Waals surface area contributed by atoms with Gasteiger partial charge in [0.2, 0.25) is 0 Å². The minimum atomic E-state index is -0.734. The van der Waals surface area contributed by atoms with Crippen molar-refractivity contribution in [1.82, 2.24) is 0 Å². The maximum atomic E-state index is 12.1. The van der Waals surface area contributed by atoms with Crippen LogP contribution in [-0.2, 0) is 0 Å². The molecule has 0 fully saturated rings. The zero-order chi connectivity index (χ0) is 22.4. The summed E-state index contributed by atoms with van der Waals surface area (Å²) in [5, 5.41) is 25.8. The van der Waals surface area contributed by atoms with Crippen LogP contribution in [0.25, 0.3) is 0 Å². The molecule has 0 heterocycles. The predicted octanol–water partition coefficient (Wildman–Crippen LogP) is 4.48. The van der Waals surface area contributed by atoms with E-state index in [1.54, 1.807) is 36.4 Å². The number of nitro benzene ring substituents is 2. The molecular formula is C21H16N4O6. The van der Waals surface area contributed by atoms with Crippen molar-refractivity contribution in [2.24, 2.45) is 5.10 Å². The third-order valence-electron chi connectivity index (χ3n) is 4.17. The Kier molecular flexibility index (Phi) is 6.31. The van der Waals surface area contributed by atoms with Crippen molar-refractivity contribution in [3.8, 4) is 5.75 Å². The number of non-ortho nitro benzene ring substituents is 1. The summed E-state index contributed by atoms with van der Waals surface area (Å²) in [5.74, 6) is -0.129. The van der Waals surface area contributed by atoms with E-state index in [1.807, 2.05) is 19.1 Å². The number of esters is 1. The molecule has 0 amide bonds. The Labute approximate surface area is 176 Å².